The third-order valence-corrected chi connectivity index (χ3v) is 6.50. The van der Waals surface area contributed by atoms with Crippen LogP contribution < -0.4 is 22.1 Å². The number of nitriles is 1. The van der Waals surface area contributed by atoms with Gasteiger partial charge in [0.2, 0.25) is 0 Å². The van der Waals surface area contributed by atoms with Crippen LogP contribution in [0.2, 0.25) is 0 Å². The Kier molecular flexibility index (Phi) is 5.52. The van der Waals surface area contributed by atoms with E-state index in [4.69, 9.17) is 11.5 Å². The topological polar surface area (TPSA) is 130 Å². The predicted molar refractivity (Wildman–Crippen MR) is 124 cm³/mol. The number of nitrogens with one attached hydrogen (secondary N) is 2. The molecule has 0 aliphatic rings. The van der Waals surface area contributed by atoms with Crippen LogP contribution in [0.1, 0.15) is 15.2 Å². The molecule has 4 aromatic rings. The third-order valence-electron chi connectivity index (χ3n) is 4.50. The summed E-state index contributed by atoms with van der Waals surface area (Å²) in [5.41, 5.74) is 14.1. The smallest absolute Gasteiger partial charge is 0.260 e. The number of fused-ring (bicyclic) bond motifs is 1. The number of nitrogens with two attached hydrogens (primary N) is 2. The summed E-state index contributed by atoms with van der Waals surface area (Å²) >= 11 is 2.64. The van der Waals surface area contributed by atoms with Gasteiger partial charge in [0.15, 0.2) is 0 Å². The molecular formula is C21H18N6OS2. The number of nitrogen functional groups attached to an aromatic ring is 1. The average molecular weight is 435 g/mol. The van der Waals surface area contributed by atoms with Crippen LogP contribution in [0, 0.1) is 11.3 Å². The third kappa shape index (κ3) is 3.66. The van der Waals surface area contributed by atoms with Gasteiger partial charge in [0.1, 0.15) is 27.2 Å². The second-order valence-electron chi connectivity index (χ2n) is 6.41. The van der Waals surface area contributed by atoms with E-state index >= 15 is 0 Å². The Labute approximate surface area is 181 Å². The summed E-state index contributed by atoms with van der Waals surface area (Å²) in [5.74, 6) is -0.145. The fraction of sp³-hybridized carbons (Fsp3) is 0.0952. The summed E-state index contributed by atoms with van der Waals surface area (Å²) in [6.07, 6.45) is 0. The highest BCUT2D eigenvalue weighted by molar-refractivity contribution is 7.21. The molecule has 7 nitrogen and oxygen atoms in total. The minimum Gasteiger partial charge on any atom is -0.397 e. The number of primary amides is 1. The molecule has 0 atom stereocenters. The van der Waals surface area contributed by atoms with Crippen LogP contribution in [0.25, 0.3) is 20.7 Å². The van der Waals surface area contributed by atoms with Crippen molar-refractivity contribution in [1.29, 1.82) is 5.26 Å². The monoisotopic (exact) mass is 434 g/mol. The van der Waals surface area contributed by atoms with E-state index in [9.17, 15) is 10.1 Å². The summed E-state index contributed by atoms with van der Waals surface area (Å²) in [6.45, 7) is 1.19. The SMILES string of the molecule is N#Cc1c(NCCNc2ccccc2)nc2sc(C(N)=O)c(N)c2c1-c1cccs1. The number of rotatable bonds is 7. The normalized spacial score (nSPS) is 10.6. The van der Waals surface area contributed by atoms with E-state index in [1.165, 1.54) is 11.3 Å². The molecule has 0 unspecified atom stereocenters. The number of para-hydroxylation sites is 1. The first kappa shape index (κ1) is 19.7. The molecule has 4 rings (SSSR count). The molecule has 0 aliphatic carbocycles. The van der Waals surface area contributed by atoms with Crippen molar-refractivity contribution in [3.8, 4) is 16.5 Å². The molecule has 0 saturated heterocycles. The number of hydrogen-bond donors (Lipinski definition) is 4. The van der Waals surface area contributed by atoms with Gasteiger partial charge >= 0.3 is 0 Å². The molecule has 9 heteroatoms. The molecule has 1 amide bonds. The van der Waals surface area contributed by atoms with Gasteiger partial charge in [-0.25, -0.2) is 4.98 Å². The number of pyridine rings is 1. The van der Waals surface area contributed by atoms with Gasteiger partial charge in [-0.05, 0) is 23.6 Å². The lowest BCUT2D eigenvalue weighted by molar-refractivity contribution is 0.100. The number of benzene rings is 1. The Morgan fingerprint density at radius 1 is 1.13 bits per heavy atom. The minimum absolute atomic E-state index is 0.252. The van der Waals surface area contributed by atoms with Crippen molar-refractivity contribution in [2.75, 3.05) is 29.5 Å². The summed E-state index contributed by atoms with van der Waals surface area (Å²) < 4.78 is 0. The highest BCUT2D eigenvalue weighted by Gasteiger charge is 2.24. The van der Waals surface area contributed by atoms with Crippen LogP contribution in [0.4, 0.5) is 17.2 Å². The zero-order chi connectivity index (χ0) is 21.1. The number of nitrogens with zero attached hydrogens (tertiary/aromatic N) is 2. The number of carbonyl (C=O) groups excluding carboxylic acids is 1. The van der Waals surface area contributed by atoms with E-state index in [1.54, 1.807) is 0 Å². The van der Waals surface area contributed by atoms with Crippen LogP contribution >= 0.6 is 22.7 Å². The molecule has 3 aromatic heterocycles. The van der Waals surface area contributed by atoms with Gasteiger partial charge in [0.05, 0.1) is 5.69 Å². The Balaban J connectivity index is 1.73. The lowest BCUT2D eigenvalue weighted by atomic mass is 10.0. The quantitative estimate of drug-likeness (QED) is 0.324. The van der Waals surface area contributed by atoms with Crippen molar-refractivity contribution >= 4 is 56.0 Å². The molecule has 0 fully saturated rings. The maximum Gasteiger partial charge on any atom is 0.260 e. The van der Waals surface area contributed by atoms with Gasteiger partial charge in [0.25, 0.3) is 5.91 Å². The molecule has 6 N–H and O–H groups in total. The summed E-state index contributed by atoms with van der Waals surface area (Å²) in [5, 5.41) is 19.0. The lowest BCUT2D eigenvalue weighted by Gasteiger charge is -2.13. The molecule has 0 saturated carbocycles. The minimum atomic E-state index is -0.604. The summed E-state index contributed by atoms with van der Waals surface area (Å²) in [4.78, 5) is 18.1. The van der Waals surface area contributed by atoms with E-state index < -0.39 is 5.91 Å². The molecule has 30 heavy (non-hydrogen) atoms. The van der Waals surface area contributed by atoms with Crippen LogP contribution in [0.3, 0.4) is 0 Å². The zero-order valence-corrected chi connectivity index (χ0v) is 17.4. The summed E-state index contributed by atoms with van der Waals surface area (Å²) in [6, 6.07) is 15.9. The Morgan fingerprint density at radius 3 is 2.57 bits per heavy atom. The van der Waals surface area contributed by atoms with E-state index in [0.717, 1.165) is 21.9 Å². The average Bonchev–Trinajstić information content (AvgIpc) is 3.39. The van der Waals surface area contributed by atoms with Gasteiger partial charge < -0.3 is 22.1 Å². The predicted octanol–water partition coefficient (Wildman–Crippen LogP) is 4.10. The summed E-state index contributed by atoms with van der Waals surface area (Å²) in [7, 11) is 0. The number of carbonyl (C=O) groups is 1. The van der Waals surface area contributed by atoms with Gasteiger partial charge in [0, 0.05) is 34.6 Å². The van der Waals surface area contributed by atoms with Crippen molar-refractivity contribution in [1.82, 2.24) is 4.98 Å². The van der Waals surface area contributed by atoms with Gasteiger partial charge in [-0.1, -0.05) is 24.3 Å². The van der Waals surface area contributed by atoms with E-state index in [2.05, 4.69) is 21.7 Å². The second-order valence-corrected chi connectivity index (χ2v) is 8.36. The van der Waals surface area contributed by atoms with E-state index in [0.29, 0.717) is 40.3 Å². The molecule has 1 aromatic carbocycles. The number of hydrogen-bond acceptors (Lipinski definition) is 8. The second kappa shape index (κ2) is 8.41. The Morgan fingerprint density at radius 2 is 1.90 bits per heavy atom. The molecular weight excluding hydrogens is 416 g/mol. The highest BCUT2D eigenvalue weighted by atomic mass is 32.1. The van der Waals surface area contributed by atoms with Crippen molar-refractivity contribution < 1.29 is 4.79 Å². The molecule has 150 valence electrons. The van der Waals surface area contributed by atoms with Crippen molar-refractivity contribution in [3.05, 3.63) is 58.3 Å². The van der Waals surface area contributed by atoms with Gasteiger partial charge in [-0.2, -0.15) is 5.26 Å². The Bertz CT molecular complexity index is 1240. The van der Waals surface area contributed by atoms with Crippen LogP contribution in [0.15, 0.2) is 47.8 Å². The molecule has 0 bridgehead atoms. The first-order valence-corrected chi connectivity index (χ1v) is 10.8. The number of anilines is 3. The Hall–Kier alpha value is -3.61. The maximum absolute atomic E-state index is 11.8. The number of aromatic nitrogens is 1. The number of thiophene rings is 2. The fourth-order valence-corrected chi connectivity index (χ4v) is 4.92. The molecule has 0 radical (unpaired) electrons. The first-order valence-electron chi connectivity index (χ1n) is 9.12. The largest absolute Gasteiger partial charge is 0.397 e. The highest BCUT2D eigenvalue weighted by Crippen LogP contribution is 2.44. The number of amides is 1. The maximum atomic E-state index is 11.8. The van der Waals surface area contributed by atoms with Crippen LogP contribution in [-0.4, -0.2) is 24.0 Å². The molecule has 0 aliphatic heterocycles. The van der Waals surface area contributed by atoms with Gasteiger partial charge in [-0.15, -0.1) is 22.7 Å². The van der Waals surface area contributed by atoms with Crippen LogP contribution in [0.5, 0.6) is 0 Å². The van der Waals surface area contributed by atoms with E-state index in [1.807, 2.05) is 47.8 Å². The zero-order valence-electron chi connectivity index (χ0n) is 15.8. The molecule has 3 heterocycles. The fourth-order valence-electron chi connectivity index (χ4n) is 3.18. The van der Waals surface area contributed by atoms with Crippen LogP contribution in [-0.2, 0) is 0 Å². The first-order chi connectivity index (χ1) is 14.6. The lowest BCUT2D eigenvalue weighted by Crippen LogP contribution is -2.15. The van der Waals surface area contributed by atoms with Crippen molar-refractivity contribution in [2.24, 2.45) is 5.73 Å². The van der Waals surface area contributed by atoms with Crippen molar-refractivity contribution in [3.63, 3.8) is 0 Å². The van der Waals surface area contributed by atoms with Gasteiger partial charge in [-0.3, -0.25) is 4.79 Å². The standard InChI is InChI=1S/C21H18N6OS2/c22-11-13-15(14-7-4-10-29-14)16-17(23)18(19(24)28)30-21(16)27-20(13)26-9-8-25-12-5-2-1-3-6-12/h1-7,10,25H,8-9,23H2,(H2,24,28)(H,26,27). The van der Waals surface area contributed by atoms with Crippen molar-refractivity contribution in [2.45, 2.75) is 0 Å². The molecule has 0 spiro atoms. The van der Waals surface area contributed by atoms with E-state index in [-0.39, 0.29) is 10.6 Å².